The van der Waals surface area contributed by atoms with Gasteiger partial charge in [0.2, 0.25) is 5.91 Å². The van der Waals surface area contributed by atoms with Gasteiger partial charge in [0.15, 0.2) is 0 Å². The fourth-order valence-electron chi connectivity index (χ4n) is 1.86. The van der Waals surface area contributed by atoms with Gasteiger partial charge in [0.1, 0.15) is 11.6 Å². The molecule has 0 atom stereocenters. The van der Waals surface area contributed by atoms with Crippen LogP contribution < -0.4 is 10.6 Å². The molecule has 0 unspecified atom stereocenters. The molecule has 0 radical (unpaired) electrons. The molecule has 0 heterocycles. The minimum atomic E-state index is -0.503. The summed E-state index contributed by atoms with van der Waals surface area (Å²) in [6.07, 6.45) is 0. The fourth-order valence-corrected chi connectivity index (χ4v) is 1.86. The normalized spacial score (nSPS) is 10.3. The largest absolute Gasteiger partial charge is 0.322 e. The van der Waals surface area contributed by atoms with Crippen LogP contribution in [0.25, 0.3) is 0 Å². The summed E-state index contributed by atoms with van der Waals surface area (Å²) in [5.74, 6) is -1.27. The summed E-state index contributed by atoms with van der Waals surface area (Å²) in [5, 5.41) is 0. The summed E-state index contributed by atoms with van der Waals surface area (Å²) in [6, 6.07) is 11.6. The van der Waals surface area contributed by atoms with Gasteiger partial charge in [0, 0.05) is 0 Å². The SMILES string of the molecule is NCC(=O)N(Cc1ccc(F)cc1)c1ccccc1F. The van der Waals surface area contributed by atoms with Gasteiger partial charge in [-0.05, 0) is 29.8 Å². The number of rotatable bonds is 4. The van der Waals surface area contributed by atoms with Gasteiger partial charge in [-0.3, -0.25) is 4.79 Å². The van der Waals surface area contributed by atoms with E-state index in [4.69, 9.17) is 5.73 Å². The highest BCUT2D eigenvalue weighted by atomic mass is 19.1. The number of nitrogens with two attached hydrogens (primary N) is 1. The number of anilines is 1. The Morgan fingerprint density at radius 3 is 2.30 bits per heavy atom. The Hall–Kier alpha value is -2.27. The van der Waals surface area contributed by atoms with Crippen molar-refractivity contribution in [1.29, 1.82) is 0 Å². The average molecular weight is 276 g/mol. The van der Waals surface area contributed by atoms with E-state index >= 15 is 0 Å². The zero-order valence-electron chi connectivity index (χ0n) is 10.7. The van der Waals surface area contributed by atoms with Crippen molar-refractivity contribution in [2.75, 3.05) is 11.4 Å². The first-order chi connectivity index (χ1) is 9.61. The summed E-state index contributed by atoms with van der Waals surface area (Å²) in [4.78, 5) is 13.1. The Balaban J connectivity index is 2.31. The first kappa shape index (κ1) is 14.1. The van der Waals surface area contributed by atoms with E-state index in [1.54, 1.807) is 24.3 Å². The van der Waals surface area contributed by atoms with Gasteiger partial charge < -0.3 is 10.6 Å². The number of carbonyl (C=O) groups excluding carboxylic acids is 1. The molecule has 0 spiro atoms. The second kappa shape index (κ2) is 6.25. The van der Waals surface area contributed by atoms with Gasteiger partial charge in [0.25, 0.3) is 0 Å². The molecule has 3 nitrogen and oxygen atoms in total. The highest BCUT2D eigenvalue weighted by Crippen LogP contribution is 2.21. The molecule has 1 amide bonds. The predicted octanol–water partition coefficient (Wildman–Crippen LogP) is 2.46. The number of halogens is 2. The quantitative estimate of drug-likeness (QED) is 0.932. The second-order valence-electron chi connectivity index (χ2n) is 4.26. The Kier molecular flexibility index (Phi) is 4.42. The molecular weight excluding hydrogens is 262 g/mol. The highest BCUT2D eigenvalue weighted by Gasteiger charge is 2.17. The number of carbonyl (C=O) groups is 1. The summed E-state index contributed by atoms with van der Waals surface area (Å²) in [7, 11) is 0. The van der Waals surface area contributed by atoms with Crippen molar-refractivity contribution in [3.05, 3.63) is 65.7 Å². The fraction of sp³-hybridized carbons (Fsp3) is 0.133. The van der Waals surface area contributed by atoms with Crippen molar-refractivity contribution >= 4 is 11.6 Å². The molecule has 2 aromatic carbocycles. The predicted molar refractivity (Wildman–Crippen MR) is 73.0 cm³/mol. The maximum absolute atomic E-state index is 13.8. The van der Waals surface area contributed by atoms with E-state index in [0.717, 1.165) is 0 Å². The van der Waals surface area contributed by atoms with Crippen LogP contribution in [0.5, 0.6) is 0 Å². The maximum Gasteiger partial charge on any atom is 0.241 e. The summed E-state index contributed by atoms with van der Waals surface area (Å²) in [5.41, 5.74) is 6.22. The molecule has 20 heavy (non-hydrogen) atoms. The molecule has 0 saturated carbocycles. The molecule has 0 bridgehead atoms. The van der Waals surface area contributed by atoms with Crippen molar-refractivity contribution in [3.8, 4) is 0 Å². The number of para-hydroxylation sites is 1. The van der Waals surface area contributed by atoms with E-state index in [1.165, 1.54) is 29.2 Å². The van der Waals surface area contributed by atoms with E-state index < -0.39 is 11.7 Å². The van der Waals surface area contributed by atoms with Crippen LogP contribution in [-0.2, 0) is 11.3 Å². The van der Waals surface area contributed by atoms with Crippen molar-refractivity contribution in [2.24, 2.45) is 5.73 Å². The van der Waals surface area contributed by atoms with E-state index in [1.807, 2.05) is 0 Å². The molecule has 2 aromatic rings. The number of nitrogens with zero attached hydrogens (tertiary/aromatic N) is 1. The Bertz CT molecular complexity index is 599. The molecule has 104 valence electrons. The Morgan fingerprint density at radius 2 is 1.70 bits per heavy atom. The molecule has 0 aliphatic carbocycles. The Morgan fingerprint density at radius 1 is 1.05 bits per heavy atom. The van der Waals surface area contributed by atoms with Crippen LogP contribution >= 0.6 is 0 Å². The van der Waals surface area contributed by atoms with Gasteiger partial charge in [0.05, 0.1) is 18.8 Å². The Labute approximate surface area is 115 Å². The van der Waals surface area contributed by atoms with Crippen LogP contribution in [0.2, 0.25) is 0 Å². The molecule has 2 rings (SSSR count). The third-order valence-electron chi connectivity index (χ3n) is 2.87. The zero-order chi connectivity index (χ0) is 14.5. The molecule has 0 aliphatic heterocycles. The van der Waals surface area contributed by atoms with Gasteiger partial charge in [-0.2, -0.15) is 0 Å². The van der Waals surface area contributed by atoms with Gasteiger partial charge in [-0.25, -0.2) is 8.78 Å². The monoisotopic (exact) mass is 276 g/mol. The molecule has 0 aliphatic rings. The van der Waals surface area contributed by atoms with Crippen LogP contribution in [0.4, 0.5) is 14.5 Å². The van der Waals surface area contributed by atoms with Crippen LogP contribution in [0, 0.1) is 11.6 Å². The molecule has 0 saturated heterocycles. The van der Waals surface area contributed by atoms with E-state index in [-0.39, 0.29) is 24.6 Å². The maximum atomic E-state index is 13.8. The molecule has 2 N–H and O–H groups in total. The third-order valence-corrected chi connectivity index (χ3v) is 2.87. The van der Waals surface area contributed by atoms with E-state index in [9.17, 15) is 13.6 Å². The standard InChI is InChI=1S/C15H14F2N2O/c16-12-7-5-11(6-8-12)10-19(15(20)9-18)14-4-2-1-3-13(14)17/h1-8H,9-10,18H2. The molecular formula is C15H14F2N2O. The van der Waals surface area contributed by atoms with Crippen LogP contribution in [-0.4, -0.2) is 12.5 Å². The lowest BCUT2D eigenvalue weighted by atomic mass is 10.2. The molecule has 0 fully saturated rings. The summed E-state index contributed by atoms with van der Waals surface area (Å²) in [6.45, 7) is -0.0905. The lowest BCUT2D eigenvalue weighted by molar-refractivity contribution is -0.117. The van der Waals surface area contributed by atoms with Crippen molar-refractivity contribution in [3.63, 3.8) is 0 Å². The second-order valence-corrected chi connectivity index (χ2v) is 4.26. The first-order valence-electron chi connectivity index (χ1n) is 6.11. The van der Waals surface area contributed by atoms with Gasteiger partial charge in [-0.15, -0.1) is 0 Å². The van der Waals surface area contributed by atoms with E-state index in [0.29, 0.717) is 5.56 Å². The van der Waals surface area contributed by atoms with Crippen LogP contribution in [0.3, 0.4) is 0 Å². The minimum absolute atomic E-state index is 0.136. The number of hydrogen-bond acceptors (Lipinski definition) is 2. The average Bonchev–Trinajstić information content (AvgIpc) is 2.47. The smallest absolute Gasteiger partial charge is 0.241 e. The lowest BCUT2D eigenvalue weighted by Gasteiger charge is -2.22. The van der Waals surface area contributed by atoms with E-state index in [2.05, 4.69) is 0 Å². The third kappa shape index (κ3) is 3.19. The first-order valence-corrected chi connectivity index (χ1v) is 6.11. The minimum Gasteiger partial charge on any atom is -0.322 e. The zero-order valence-corrected chi connectivity index (χ0v) is 10.7. The highest BCUT2D eigenvalue weighted by molar-refractivity contribution is 5.94. The van der Waals surface area contributed by atoms with Crippen LogP contribution in [0.15, 0.2) is 48.5 Å². The topological polar surface area (TPSA) is 46.3 Å². The summed E-state index contributed by atoms with van der Waals surface area (Å²) >= 11 is 0. The molecule has 0 aromatic heterocycles. The number of hydrogen-bond donors (Lipinski definition) is 1. The number of benzene rings is 2. The number of amides is 1. The summed E-state index contributed by atoms with van der Waals surface area (Å²) < 4.78 is 26.7. The lowest BCUT2D eigenvalue weighted by Crippen LogP contribution is -2.36. The van der Waals surface area contributed by atoms with Crippen molar-refractivity contribution in [1.82, 2.24) is 0 Å². The molecule has 5 heteroatoms. The van der Waals surface area contributed by atoms with Crippen LogP contribution in [0.1, 0.15) is 5.56 Å². The van der Waals surface area contributed by atoms with Gasteiger partial charge in [-0.1, -0.05) is 24.3 Å². The van der Waals surface area contributed by atoms with Gasteiger partial charge >= 0.3 is 0 Å². The van der Waals surface area contributed by atoms with Crippen molar-refractivity contribution in [2.45, 2.75) is 6.54 Å². The van der Waals surface area contributed by atoms with Crippen molar-refractivity contribution < 1.29 is 13.6 Å².